The van der Waals surface area contributed by atoms with Crippen molar-refractivity contribution in [3.8, 4) is 5.75 Å². The first kappa shape index (κ1) is 12.0. The van der Waals surface area contributed by atoms with Gasteiger partial charge in [-0.3, -0.25) is 0 Å². The summed E-state index contributed by atoms with van der Waals surface area (Å²) in [5.41, 5.74) is 9.33. The van der Waals surface area contributed by atoms with Gasteiger partial charge in [-0.1, -0.05) is 32.3 Å². The predicted octanol–water partition coefficient (Wildman–Crippen LogP) is 3.23. The first-order chi connectivity index (χ1) is 8.61. The summed E-state index contributed by atoms with van der Waals surface area (Å²) in [5.74, 6) is 0.995. The molecule has 0 heterocycles. The van der Waals surface area contributed by atoms with Crippen molar-refractivity contribution in [2.75, 3.05) is 0 Å². The van der Waals surface area contributed by atoms with E-state index in [4.69, 9.17) is 5.73 Å². The Bertz CT molecular complexity index is 462. The molecule has 0 radical (unpaired) electrons. The van der Waals surface area contributed by atoms with Gasteiger partial charge in [0, 0.05) is 11.5 Å². The summed E-state index contributed by atoms with van der Waals surface area (Å²) in [6.45, 7) is 2.30. The highest BCUT2D eigenvalue weighted by molar-refractivity contribution is 5.43. The highest BCUT2D eigenvalue weighted by Gasteiger charge is 2.43. The van der Waals surface area contributed by atoms with Crippen molar-refractivity contribution < 1.29 is 6.53 Å². The predicted molar refractivity (Wildman–Crippen MR) is 74.8 cm³/mol. The number of rotatable bonds is 0. The maximum Gasteiger partial charge on any atom is 1.00 e. The number of fused-ring (bicyclic) bond motifs is 4. The zero-order valence-corrected chi connectivity index (χ0v) is 11.2. The third kappa shape index (κ3) is 1.74. The third-order valence-corrected chi connectivity index (χ3v) is 5.21. The fourth-order valence-electron chi connectivity index (χ4n) is 4.04. The van der Waals surface area contributed by atoms with Crippen molar-refractivity contribution in [2.45, 2.75) is 56.9 Å². The molecule has 1 aromatic carbocycles. The minimum absolute atomic E-state index is 0. The minimum Gasteiger partial charge on any atom is -0.508 e. The van der Waals surface area contributed by atoms with Crippen molar-refractivity contribution in [3.05, 3.63) is 29.3 Å². The molecular weight excluding hydrogens is 222 g/mol. The van der Waals surface area contributed by atoms with Crippen molar-refractivity contribution in [2.24, 2.45) is 11.7 Å². The molecule has 0 spiro atoms. The van der Waals surface area contributed by atoms with Crippen LogP contribution in [0.4, 0.5) is 0 Å². The molecule has 98 valence electrons. The van der Waals surface area contributed by atoms with Crippen molar-refractivity contribution >= 4 is 0 Å². The first-order valence-corrected chi connectivity index (χ1v) is 7.19. The third-order valence-electron chi connectivity index (χ3n) is 5.21. The second kappa shape index (κ2) is 4.27. The molecule has 2 aliphatic carbocycles. The van der Waals surface area contributed by atoms with E-state index in [1.807, 2.05) is 12.1 Å². The van der Waals surface area contributed by atoms with E-state index >= 15 is 0 Å². The van der Waals surface area contributed by atoms with Crippen LogP contribution >= 0.6 is 0 Å². The van der Waals surface area contributed by atoms with Gasteiger partial charge < -0.3 is 10.8 Å². The van der Waals surface area contributed by atoms with Crippen LogP contribution in [-0.4, -0.2) is 11.1 Å². The molecular formula is C16H24NO+. The summed E-state index contributed by atoms with van der Waals surface area (Å²) in [4.78, 5) is 0. The maximum absolute atomic E-state index is 9.77. The molecule has 1 aromatic rings. The number of hydrogen-bond donors (Lipinski definition) is 2. The molecule has 0 aliphatic heterocycles. The van der Waals surface area contributed by atoms with E-state index < -0.39 is 0 Å². The Morgan fingerprint density at radius 1 is 1.33 bits per heavy atom. The summed E-state index contributed by atoms with van der Waals surface area (Å²) >= 11 is 0. The van der Waals surface area contributed by atoms with Gasteiger partial charge in [0.25, 0.3) is 0 Å². The molecule has 0 aromatic heterocycles. The molecule has 3 N–H and O–H groups in total. The van der Waals surface area contributed by atoms with Crippen LogP contribution in [0.5, 0.6) is 5.75 Å². The van der Waals surface area contributed by atoms with Gasteiger partial charge in [0.2, 0.25) is 0 Å². The fraction of sp³-hybridized carbons (Fsp3) is 0.625. The Labute approximate surface area is 111 Å². The highest BCUT2D eigenvalue weighted by atomic mass is 16.3. The number of hydrogen-bond acceptors (Lipinski definition) is 2. The number of benzene rings is 1. The molecule has 2 heteroatoms. The van der Waals surface area contributed by atoms with E-state index in [0.717, 1.165) is 12.8 Å². The van der Waals surface area contributed by atoms with E-state index in [9.17, 15) is 5.11 Å². The summed E-state index contributed by atoms with van der Waals surface area (Å²) in [6.07, 6.45) is 7.41. The lowest BCUT2D eigenvalue weighted by Gasteiger charge is -2.47. The van der Waals surface area contributed by atoms with Gasteiger partial charge >= 0.3 is 1.43 Å². The van der Waals surface area contributed by atoms with Gasteiger partial charge in [0.1, 0.15) is 5.75 Å². The van der Waals surface area contributed by atoms with Crippen LogP contribution in [0.15, 0.2) is 18.2 Å². The van der Waals surface area contributed by atoms with Crippen LogP contribution in [0.1, 0.15) is 51.6 Å². The van der Waals surface area contributed by atoms with E-state index in [-0.39, 0.29) is 12.9 Å². The molecule has 18 heavy (non-hydrogen) atoms. The summed E-state index contributed by atoms with van der Waals surface area (Å²) in [5, 5.41) is 9.77. The fourth-order valence-corrected chi connectivity index (χ4v) is 4.04. The first-order valence-electron chi connectivity index (χ1n) is 7.19. The molecule has 0 amide bonds. The molecule has 1 saturated carbocycles. The van der Waals surface area contributed by atoms with E-state index in [1.165, 1.54) is 36.8 Å². The monoisotopic (exact) mass is 246 g/mol. The standard InChI is InChI=1S/C16H23NO/c1-16-8-4-2-3-5-12(15(16)17)9-11-6-7-13(18)10-14(11)16/h6-7,10,12,15,18H,2-5,8-9,17H2,1H3/p+1/t12-,15-,16+/m0/s1. The molecule has 1 fully saturated rings. The number of aromatic hydroxyl groups is 1. The van der Waals surface area contributed by atoms with Gasteiger partial charge in [-0.25, -0.2) is 0 Å². The van der Waals surface area contributed by atoms with E-state index in [1.54, 1.807) is 0 Å². The molecule has 0 saturated heterocycles. The zero-order valence-electron chi connectivity index (χ0n) is 12.2. The van der Waals surface area contributed by atoms with E-state index in [2.05, 4.69) is 13.0 Å². The Balaban J connectivity index is 0.00000133. The summed E-state index contributed by atoms with van der Waals surface area (Å²) in [6, 6.07) is 6.11. The Hall–Kier alpha value is -1.02. The Kier molecular flexibility index (Phi) is 2.86. The van der Waals surface area contributed by atoms with Gasteiger partial charge in [0.05, 0.1) is 0 Å². The maximum atomic E-state index is 9.77. The van der Waals surface area contributed by atoms with Crippen LogP contribution in [-0.2, 0) is 11.8 Å². The average Bonchev–Trinajstić information content (AvgIpc) is 2.35. The number of phenolic OH excluding ortho intramolecular Hbond substituents is 1. The Morgan fingerprint density at radius 3 is 3.00 bits per heavy atom. The smallest absolute Gasteiger partial charge is 0.508 e. The van der Waals surface area contributed by atoms with Crippen LogP contribution in [0, 0.1) is 5.92 Å². The van der Waals surface area contributed by atoms with Crippen LogP contribution in [0.25, 0.3) is 0 Å². The topological polar surface area (TPSA) is 46.2 Å². The average molecular weight is 246 g/mol. The lowest BCUT2D eigenvalue weighted by Crippen LogP contribution is -2.52. The van der Waals surface area contributed by atoms with Crippen molar-refractivity contribution in [1.29, 1.82) is 0 Å². The molecule has 3 atom stereocenters. The molecule has 3 rings (SSSR count). The van der Waals surface area contributed by atoms with Gasteiger partial charge in [-0.15, -0.1) is 0 Å². The summed E-state index contributed by atoms with van der Waals surface area (Å²) in [7, 11) is 0. The second-order valence-electron chi connectivity index (χ2n) is 6.35. The SMILES string of the molecule is C[C@@]12CCCCC[C@@H](Cc3ccc(O)cc31)[C@@H]2N.[H+]. The molecule has 2 aliphatic rings. The van der Waals surface area contributed by atoms with Crippen molar-refractivity contribution in [3.63, 3.8) is 0 Å². The van der Waals surface area contributed by atoms with Gasteiger partial charge in [-0.2, -0.15) is 0 Å². The minimum atomic E-state index is 0. The van der Waals surface area contributed by atoms with Crippen LogP contribution < -0.4 is 5.73 Å². The lowest BCUT2D eigenvalue weighted by molar-refractivity contribution is 0.201. The highest BCUT2D eigenvalue weighted by Crippen LogP contribution is 2.46. The van der Waals surface area contributed by atoms with Crippen molar-refractivity contribution in [1.82, 2.24) is 0 Å². The molecule has 2 bridgehead atoms. The summed E-state index contributed by atoms with van der Waals surface area (Å²) < 4.78 is 0. The molecule has 2 nitrogen and oxygen atoms in total. The number of phenols is 1. The molecule has 0 unspecified atom stereocenters. The lowest BCUT2D eigenvalue weighted by atomic mass is 9.60. The number of nitrogens with two attached hydrogens (primary N) is 1. The quantitative estimate of drug-likeness (QED) is 0.738. The normalized spacial score (nSPS) is 35.4. The second-order valence-corrected chi connectivity index (χ2v) is 6.35. The Morgan fingerprint density at radius 2 is 2.17 bits per heavy atom. The van der Waals surface area contributed by atoms with Crippen LogP contribution in [0.2, 0.25) is 0 Å². The van der Waals surface area contributed by atoms with Crippen LogP contribution in [0.3, 0.4) is 0 Å². The van der Waals surface area contributed by atoms with Gasteiger partial charge in [-0.05, 0) is 48.4 Å². The van der Waals surface area contributed by atoms with Gasteiger partial charge in [0.15, 0.2) is 0 Å². The van der Waals surface area contributed by atoms with E-state index in [0.29, 0.717) is 11.7 Å². The zero-order chi connectivity index (χ0) is 12.8. The largest absolute Gasteiger partial charge is 1.00 e.